The Morgan fingerprint density at radius 3 is 2.78 bits per heavy atom. The van der Waals surface area contributed by atoms with Crippen molar-refractivity contribution in [2.75, 3.05) is 11.9 Å². The average molecular weight is 260 g/mol. The maximum Gasteiger partial charge on any atom is 0.319 e. The molecule has 2 aromatic rings. The molecular weight excluding hydrogens is 248 g/mol. The molecule has 1 heterocycles. The van der Waals surface area contributed by atoms with Gasteiger partial charge in [0.05, 0.1) is 11.1 Å². The molecule has 0 atom stereocenters. The molecule has 0 fully saturated rings. The Bertz CT molecular complexity index is 522. The van der Waals surface area contributed by atoms with E-state index in [0.29, 0.717) is 6.54 Å². The predicted molar refractivity (Wildman–Crippen MR) is 72.6 cm³/mol. The van der Waals surface area contributed by atoms with Crippen molar-refractivity contribution in [2.45, 2.75) is 0 Å². The molecule has 0 bridgehead atoms. The van der Waals surface area contributed by atoms with Crippen LogP contribution in [-0.4, -0.2) is 22.2 Å². The van der Waals surface area contributed by atoms with E-state index in [1.54, 1.807) is 12.3 Å². The maximum atomic E-state index is 11.4. The molecule has 0 spiro atoms. The Hall–Kier alpha value is -2.21. The molecule has 18 heavy (non-hydrogen) atoms. The number of carbonyl (C=O) groups is 1. The van der Waals surface area contributed by atoms with Crippen molar-refractivity contribution < 1.29 is 4.79 Å². The van der Waals surface area contributed by atoms with E-state index in [4.69, 9.17) is 0 Å². The largest absolute Gasteiger partial charge is 0.334 e. The first-order valence-corrected chi connectivity index (χ1v) is 6.10. The van der Waals surface area contributed by atoms with Crippen LogP contribution in [0.3, 0.4) is 0 Å². The lowest BCUT2D eigenvalue weighted by molar-refractivity contribution is 0.253. The Labute approximate surface area is 109 Å². The standard InChI is InChI=1S/C12H12N4OS/c1-2-7-13-12(17)15-10-5-3-9(4-6-10)11-8-14-16-18-11/h2-6,8H,1,7H2,(H2,13,15,17). The molecule has 5 nitrogen and oxygen atoms in total. The van der Waals surface area contributed by atoms with Crippen molar-refractivity contribution in [1.82, 2.24) is 14.9 Å². The van der Waals surface area contributed by atoms with Crippen LogP contribution in [0.1, 0.15) is 0 Å². The second-order valence-corrected chi connectivity index (χ2v) is 4.27. The maximum absolute atomic E-state index is 11.4. The SMILES string of the molecule is C=CCNC(=O)Nc1ccc(-c2cnns2)cc1. The third-order valence-electron chi connectivity index (χ3n) is 2.20. The van der Waals surface area contributed by atoms with Crippen LogP contribution in [0.15, 0.2) is 43.1 Å². The van der Waals surface area contributed by atoms with Gasteiger partial charge in [-0.3, -0.25) is 0 Å². The molecule has 0 aliphatic heterocycles. The van der Waals surface area contributed by atoms with Gasteiger partial charge in [0.1, 0.15) is 0 Å². The van der Waals surface area contributed by atoms with E-state index in [1.165, 1.54) is 11.5 Å². The number of urea groups is 1. The van der Waals surface area contributed by atoms with Gasteiger partial charge in [0.2, 0.25) is 0 Å². The van der Waals surface area contributed by atoms with E-state index in [2.05, 4.69) is 26.8 Å². The first kappa shape index (κ1) is 12.3. The highest BCUT2D eigenvalue weighted by molar-refractivity contribution is 7.09. The second kappa shape index (κ2) is 5.92. The summed E-state index contributed by atoms with van der Waals surface area (Å²) >= 11 is 1.34. The number of carbonyl (C=O) groups excluding carboxylic acids is 1. The zero-order chi connectivity index (χ0) is 12.8. The highest BCUT2D eigenvalue weighted by atomic mass is 32.1. The van der Waals surface area contributed by atoms with Gasteiger partial charge in [-0.1, -0.05) is 22.7 Å². The van der Waals surface area contributed by atoms with E-state index in [-0.39, 0.29) is 6.03 Å². The van der Waals surface area contributed by atoms with Crippen molar-refractivity contribution in [3.05, 3.63) is 43.1 Å². The smallest absolute Gasteiger partial charge is 0.319 e. The Kier molecular flexibility index (Phi) is 4.03. The number of rotatable bonds is 4. The number of benzene rings is 1. The van der Waals surface area contributed by atoms with E-state index < -0.39 is 0 Å². The number of anilines is 1. The molecule has 0 saturated heterocycles. The van der Waals surface area contributed by atoms with Crippen LogP contribution in [-0.2, 0) is 0 Å². The van der Waals surface area contributed by atoms with Crippen LogP contribution in [0.2, 0.25) is 0 Å². The molecule has 2 rings (SSSR count). The van der Waals surface area contributed by atoms with E-state index >= 15 is 0 Å². The summed E-state index contributed by atoms with van der Waals surface area (Å²) in [5, 5.41) is 9.14. The lowest BCUT2D eigenvalue weighted by atomic mass is 10.2. The zero-order valence-electron chi connectivity index (χ0n) is 9.59. The molecule has 2 amide bonds. The molecule has 0 radical (unpaired) electrons. The lowest BCUT2D eigenvalue weighted by Gasteiger charge is -2.06. The molecule has 1 aromatic heterocycles. The van der Waals surface area contributed by atoms with Crippen molar-refractivity contribution in [3.63, 3.8) is 0 Å². The monoisotopic (exact) mass is 260 g/mol. The molecule has 1 aromatic carbocycles. The molecule has 2 N–H and O–H groups in total. The minimum Gasteiger partial charge on any atom is -0.334 e. The minimum atomic E-state index is -0.248. The number of nitrogens with one attached hydrogen (secondary N) is 2. The fourth-order valence-corrected chi connectivity index (χ4v) is 1.87. The third-order valence-corrected chi connectivity index (χ3v) is 2.91. The van der Waals surface area contributed by atoms with Gasteiger partial charge in [-0.05, 0) is 29.2 Å². The van der Waals surface area contributed by atoms with E-state index in [0.717, 1.165) is 16.1 Å². The fourth-order valence-electron chi connectivity index (χ4n) is 1.35. The molecule has 6 heteroatoms. The quantitative estimate of drug-likeness (QED) is 0.830. The Balaban J connectivity index is 2.00. The van der Waals surface area contributed by atoms with Crippen LogP contribution in [0.4, 0.5) is 10.5 Å². The van der Waals surface area contributed by atoms with Crippen LogP contribution in [0.25, 0.3) is 10.4 Å². The van der Waals surface area contributed by atoms with Gasteiger partial charge in [0, 0.05) is 12.2 Å². The topological polar surface area (TPSA) is 66.9 Å². The van der Waals surface area contributed by atoms with Gasteiger partial charge in [0.25, 0.3) is 0 Å². The fraction of sp³-hybridized carbons (Fsp3) is 0.0833. The average Bonchev–Trinajstić information content (AvgIpc) is 2.91. The van der Waals surface area contributed by atoms with Crippen molar-refractivity contribution in [3.8, 4) is 10.4 Å². The number of nitrogens with zero attached hydrogens (tertiary/aromatic N) is 2. The number of aromatic nitrogens is 2. The lowest BCUT2D eigenvalue weighted by Crippen LogP contribution is -2.28. The number of amides is 2. The van der Waals surface area contributed by atoms with Crippen LogP contribution >= 0.6 is 11.5 Å². The van der Waals surface area contributed by atoms with Gasteiger partial charge in [-0.15, -0.1) is 11.7 Å². The molecule has 92 valence electrons. The van der Waals surface area contributed by atoms with E-state index in [9.17, 15) is 4.79 Å². The molecule has 0 aliphatic carbocycles. The molecule has 0 aliphatic rings. The summed E-state index contributed by atoms with van der Waals surface area (Å²) in [6.07, 6.45) is 3.34. The summed E-state index contributed by atoms with van der Waals surface area (Å²) in [6.45, 7) is 3.97. The Morgan fingerprint density at radius 2 is 2.17 bits per heavy atom. The number of hydrogen-bond donors (Lipinski definition) is 2. The summed E-state index contributed by atoms with van der Waals surface area (Å²) in [4.78, 5) is 12.4. The molecule has 0 saturated carbocycles. The first-order chi connectivity index (χ1) is 8.79. The van der Waals surface area contributed by atoms with Gasteiger partial charge < -0.3 is 10.6 Å². The highest BCUT2D eigenvalue weighted by Gasteiger charge is 2.02. The predicted octanol–water partition coefficient (Wildman–Crippen LogP) is 2.51. The van der Waals surface area contributed by atoms with Crippen molar-refractivity contribution >= 4 is 23.3 Å². The van der Waals surface area contributed by atoms with Gasteiger partial charge in [0.15, 0.2) is 0 Å². The summed E-state index contributed by atoms with van der Waals surface area (Å²) in [7, 11) is 0. The Morgan fingerprint density at radius 1 is 1.39 bits per heavy atom. The van der Waals surface area contributed by atoms with Gasteiger partial charge in [-0.2, -0.15) is 0 Å². The summed E-state index contributed by atoms with van der Waals surface area (Å²) in [5.41, 5.74) is 1.76. The van der Waals surface area contributed by atoms with Crippen LogP contribution < -0.4 is 10.6 Å². The van der Waals surface area contributed by atoms with Gasteiger partial charge in [-0.25, -0.2) is 4.79 Å². The molecular formula is C12H12N4OS. The second-order valence-electron chi connectivity index (χ2n) is 3.48. The normalized spacial score (nSPS) is 9.78. The molecule has 0 unspecified atom stereocenters. The summed E-state index contributed by atoms with van der Waals surface area (Å²) in [6, 6.07) is 7.25. The summed E-state index contributed by atoms with van der Waals surface area (Å²) in [5.74, 6) is 0. The van der Waals surface area contributed by atoms with Crippen LogP contribution in [0.5, 0.6) is 0 Å². The highest BCUT2D eigenvalue weighted by Crippen LogP contribution is 2.23. The van der Waals surface area contributed by atoms with Crippen LogP contribution in [0, 0.1) is 0 Å². The zero-order valence-corrected chi connectivity index (χ0v) is 10.4. The van der Waals surface area contributed by atoms with Gasteiger partial charge >= 0.3 is 6.03 Å². The van der Waals surface area contributed by atoms with Crippen molar-refractivity contribution in [2.24, 2.45) is 0 Å². The summed E-state index contributed by atoms with van der Waals surface area (Å²) < 4.78 is 3.81. The minimum absolute atomic E-state index is 0.248. The number of hydrogen-bond acceptors (Lipinski definition) is 4. The van der Waals surface area contributed by atoms with E-state index in [1.807, 2.05) is 24.3 Å². The third kappa shape index (κ3) is 3.14. The first-order valence-electron chi connectivity index (χ1n) is 5.33. The van der Waals surface area contributed by atoms with Crippen molar-refractivity contribution in [1.29, 1.82) is 0 Å².